The molecule has 0 aromatic carbocycles. The summed E-state index contributed by atoms with van der Waals surface area (Å²) in [5, 5.41) is 9.68. The zero-order chi connectivity index (χ0) is 15.2. The third-order valence-electron chi connectivity index (χ3n) is 4.87. The number of aliphatic hydroxyl groups excluding tert-OH is 1. The molecule has 1 rings (SSSR count). The molecule has 0 saturated heterocycles. The van der Waals surface area contributed by atoms with Crippen molar-refractivity contribution in [2.45, 2.75) is 71.5 Å². The van der Waals surface area contributed by atoms with Crippen LogP contribution in [0, 0.1) is 17.3 Å². The zero-order valence-electron chi connectivity index (χ0n) is 13.9. The average molecular weight is 302 g/mol. The Morgan fingerprint density at radius 3 is 2.35 bits per heavy atom. The van der Waals surface area contributed by atoms with Crippen LogP contribution in [0.3, 0.4) is 0 Å². The fourth-order valence-corrected chi connectivity index (χ4v) is 3.91. The second-order valence-electron chi connectivity index (χ2n) is 7.54. The summed E-state index contributed by atoms with van der Waals surface area (Å²) < 4.78 is 5.95. The predicted octanol–water partition coefficient (Wildman–Crippen LogP) is 2.92. The lowest BCUT2D eigenvalue weighted by molar-refractivity contribution is 0.0418. The maximum Gasteiger partial charge on any atom is 0.170 e. The molecule has 2 atom stereocenters. The van der Waals surface area contributed by atoms with Gasteiger partial charge in [-0.25, -0.2) is 0 Å². The van der Waals surface area contributed by atoms with Crippen molar-refractivity contribution in [3.63, 3.8) is 0 Å². The summed E-state index contributed by atoms with van der Waals surface area (Å²) in [4.78, 5) is 0. The molecule has 3 N–H and O–H groups in total. The molecule has 1 fully saturated rings. The Morgan fingerprint density at radius 1 is 1.25 bits per heavy atom. The van der Waals surface area contributed by atoms with Crippen molar-refractivity contribution in [1.82, 2.24) is 0 Å². The van der Waals surface area contributed by atoms with E-state index in [0.717, 1.165) is 12.3 Å². The third kappa shape index (κ3) is 5.84. The van der Waals surface area contributed by atoms with Gasteiger partial charge in [-0.15, -0.1) is 0 Å². The first-order chi connectivity index (χ1) is 9.36. The van der Waals surface area contributed by atoms with Crippen LogP contribution in [0.15, 0.2) is 0 Å². The standard InChI is InChI=1S/C16H35NO2Si/c1-16(2,12-18)14(11-19-20(3)4)15(17)10-13-8-6-5-7-9-13/h13-15,18,20H,5-12,17H2,1-4H3. The summed E-state index contributed by atoms with van der Waals surface area (Å²) in [6.45, 7) is 9.50. The maximum absolute atomic E-state index is 9.68. The largest absolute Gasteiger partial charge is 0.420 e. The molecule has 0 radical (unpaired) electrons. The Morgan fingerprint density at radius 2 is 1.85 bits per heavy atom. The van der Waals surface area contributed by atoms with E-state index in [1.807, 2.05) is 0 Å². The second-order valence-corrected chi connectivity index (χ2v) is 9.97. The summed E-state index contributed by atoms with van der Waals surface area (Å²) in [5.41, 5.74) is 6.37. The van der Waals surface area contributed by atoms with Crippen molar-refractivity contribution in [3.8, 4) is 0 Å². The molecule has 0 heterocycles. The van der Waals surface area contributed by atoms with Gasteiger partial charge in [0.05, 0.1) is 0 Å². The van der Waals surface area contributed by atoms with E-state index in [1.54, 1.807) is 0 Å². The van der Waals surface area contributed by atoms with Gasteiger partial charge < -0.3 is 15.3 Å². The van der Waals surface area contributed by atoms with E-state index in [0.29, 0.717) is 6.61 Å². The summed E-state index contributed by atoms with van der Waals surface area (Å²) >= 11 is 0. The van der Waals surface area contributed by atoms with Gasteiger partial charge in [-0.2, -0.15) is 0 Å². The molecular weight excluding hydrogens is 266 g/mol. The van der Waals surface area contributed by atoms with E-state index in [1.165, 1.54) is 32.1 Å². The minimum Gasteiger partial charge on any atom is -0.420 e. The molecule has 4 heteroatoms. The molecule has 0 aromatic rings. The number of aliphatic hydroxyl groups is 1. The molecule has 0 bridgehead atoms. The van der Waals surface area contributed by atoms with Crippen LogP contribution in [0.2, 0.25) is 13.1 Å². The molecular formula is C16H35NO2Si. The van der Waals surface area contributed by atoms with Crippen LogP contribution in [0.25, 0.3) is 0 Å². The predicted molar refractivity (Wildman–Crippen MR) is 88.4 cm³/mol. The average Bonchev–Trinajstić information content (AvgIpc) is 2.39. The van der Waals surface area contributed by atoms with Crippen molar-refractivity contribution in [1.29, 1.82) is 0 Å². The molecule has 2 unspecified atom stereocenters. The highest BCUT2D eigenvalue weighted by Crippen LogP contribution is 2.34. The van der Waals surface area contributed by atoms with E-state index in [2.05, 4.69) is 26.9 Å². The van der Waals surface area contributed by atoms with Crippen LogP contribution in [-0.4, -0.2) is 33.4 Å². The zero-order valence-corrected chi connectivity index (χ0v) is 15.1. The smallest absolute Gasteiger partial charge is 0.170 e. The molecule has 0 amide bonds. The van der Waals surface area contributed by atoms with Gasteiger partial charge in [-0.05, 0) is 30.8 Å². The first-order valence-electron chi connectivity index (χ1n) is 8.35. The first kappa shape index (κ1) is 18.1. The van der Waals surface area contributed by atoms with Crippen molar-refractivity contribution < 1.29 is 9.53 Å². The number of rotatable bonds is 8. The van der Waals surface area contributed by atoms with E-state index >= 15 is 0 Å². The Balaban J connectivity index is 2.59. The van der Waals surface area contributed by atoms with E-state index in [-0.39, 0.29) is 24.0 Å². The molecule has 0 spiro atoms. The van der Waals surface area contributed by atoms with Gasteiger partial charge in [0.1, 0.15) is 0 Å². The lowest BCUT2D eigenvalue weighted by Crippen LogP contribution is -2.46. The van der Waals surface area contributed by atoms with Gasteiger partial charge in [-0.3, -0.25) is 0 Å². The van der Waals surface area contributed by atoms with Crippen molar-refractivity contribution in [2.75, 3.05) is 13.2 Å². The van der Waals surface area contributed by atoms with Gasteiger partial charge in [0.25, 0.3) is 0 Å². The minimum atomic E-state index is -1.03. The molecule has 0 aliphatic heterocycles. The van der Waals surface area contributed by atoms with E-state index in [4.69, 9.17) is 10.2 Å². The summed E-state index contributed by atoms with van der Waals surface area (Å²) in [6, 6.07) is 0.146. The SMILES string of the molecule is C[SiH](C)OCC(C(N)CC1CCCCC1)C(C)(C)CO. The first-order valence-corrected chi connectivity index (χ1v) is 11.1. The Hall–Kier alpha value is 0.0969. The van der Waals surface area contributed by atoms with E-state index in [9.17, 15) is 5.11 Å². The highest BCUT2D eigenvalue weighted by molar-refractivity contribution is 6.48. The fourth-order valence-electron chi connectivity index (χ4n) is 3.31. The summed E-state index contributed by atoms with van der Waals surface area (Å²) in [6.07, 6.45) is 7.87. The van der Waals surface area contributed by atoms with Crippen LogP contribution < -0.4 is 5.73 Å². The van der Waals surface area contributed by atoms with Crippen molar-refractivity contribution in [2.24, 2.45) is 23.0 Å². The topological polar surface area (TPSA) is 55.5 Å². The quantitative estimate of drug-likeness (QED) is 0.678. The van der Waals surface area contributed by atoms with Crippen LogP contribution in [0.1, 0.15) is 52.4 Å². The lowest BCUT2D eigenvalue weighted by Gasteiger charge is -2.39. The fraction of sp³-hybridized carbons (Fsp3) is 1.00. The Kier molecular flexibility index (Phi) is 7.73. The van der Waals surface area contributed by atoms with Crippen molar-refractivity contribution >= 4 is 9.04 Å². The molecule has 1 aliphatic rings. The molecule has 1 aliphatic carbocycles. The molecule has 3 nitrogen and oxygen atoms in total. The molecule has 120 valence electrons. The van der Waals surface area contributed by atoms with Gasteiger partial charge in [0, 0.05) is 25.2 Å². The molecule has 1 saturated carbocycles. The third-order valence-corrected chi connectivity index (χ3v) is 5.73. The minimum absolute atomic E-state index is 0.146. The Bertz CT molecular complexity index is 265. The molecule has 0 aromatic heterocycles. The number of nitrogens with two attached hydrogens (primary N) is 1. The highest BCUT2D eigenvalue weighted by Gasteiger charge is 2.35. The van der Waals surface area contributed by atoms with Crippen LogP contribution in [0.4, 0.5) is 0 Å². The van der Waals surface area contributed by atoms with Gasteiger partial charge in [0.2, 0.25) is 0 Å². The van der Waals surface area contributed by atoms with Crippen LogP contribution in [0.5, 0.6) is 0 Å². The van der Waals surface area contributed by atoms with Gasteiger partial charge in [-0.1, -0.05) is 46.0 Å². The van der Waals surface area contributed by atoms with E-state index < -0.39 is 9.04 Å². The monoisotopic (exact) mass is 301 g/mol. The number of hydrogen-bond donors (Lipinski definition) is 2. The van der Waals surface area contributed by atoms with Gasteiger partial charge in [0.15, 0.2) is 9.04 Å². The van der Waals surface area contributed by atoms with Crippen LogP contribution >= 0.6 is 0 Å². The highest BCUT2D eigenvalue weighted by atomic mass is 28.3. The van der Waals surface area contributed by atoms with Crippen LogP contribution in [-0.2, 0) is 4.43 Å². The lowest BCUT2D eigenvalue weighted by atomic mass is 9.72. The van der Waals surface area contributed by atoms with Gasteiger partial charge >= 0.3 is 0 Å². The normalized spacial score (nSPS) is 21.1. The second kappa shape index (κ2) is 8.52. The van der Waals surface area contributed by atoms with Crippen molar-refractivity contribution in [3.05, 3.63) is 0 Å². The summed E-state index contributed by atoms with van der Waals surface area (Å²) in [7, 11) is -1.03. The summed E-state index contributed by atoms with van der Waals surface area (Å²) in [5.74, 6) is 1.04. The maximum atomic E-state index is 9.68. The molecule has 20 heavy (non-hydrogen) atoms. The number of hydrogen-bond acceptors (Lipinski definition) is 3. The Labute approximate surface area is 127 Å².